The van der Waals surface area contributed by atoms with Crippen molar-refractivity contribution in [3.8, 4) is 0 Å². The van der Waals surface area contributed by atoms with Gasteiger partial charge in [0.15, 0.2) is 0 Å². The summed E-state index contributed by atoms with van der Waals surface area (Å²) in [7, 11) is 3.75. The third-order valence-electron chi connectivity index (χ3n) is 2.70. The molecule has 0 aliphatic heterocycles. The van der Waals surface area contributed by atoms with E-state index in [2.05, 4.69) is 41.0 Å². The molecule has 5 nitrogen and oxygen atoms in total. The minimum Gasteiger partial charge on any atom is -0.385 e. The molecule has 0 aromatic carbocycles. The zero-order valence-electron chi connectivity index (χ0n) is 12.7. The van der Waals surface area contributed by atoms with Crippen molar-refractivity contribution in [1.82, 2.24) is 15.3 Å². The van der Waals surface area contributed by atoms with E-state index in [0.29, 0.717) is 0 Å². The van der Waals surface area contributed by atoms with Crippen molar-refractivity contribution >= 4 is 5.82 Å². The Bertz CT molecular complexity index is 376. The lowest BCUT2D eigenvalue weighted by molar-refractivity contribution is 0.196. The molecule has 19 heavy (non-hydrogen) atoms. The van der Waals surface area contributed by atoms with Gasteiger partial charge in [-0.05, 0) is 27.2 Å². The van der Waals surface area contributed by atoms with Crippen molar-refractivity contribution in [1.29, 1.82) is 0 Å². The average molecular weight is 266 g/mol. The monoisotopic (exact) mass is 266 g/mol. The number of anilines is 1. The first kappa shape index (κ1) is 15.9. The summed E-state index contributed by atoms with van der Waals surface area (Å²) in [6.07, 6.45) is 4.60. The largest absolute Gasteiger partial charge is 0.385 e. The molecular weight excluding hydrogens is 240 g/mol. The second-order valence-electron chi connectivity index (χ2n) is 5.74. The highest BCUT2D eigenvalue weighted by atomic mass is 16.5. The molecule has 0 aliphatic carbocycles. The average Bonchev–Trinajstić information content (AvgIpc) is 2.36. The lowest BCUT2D eigenvalue weighted by Gasteiger charge is -2.21. The number of nitrogens with zero attached hydrogens (tertiary/aromatic N) is 3. The van der Waals surface area contributed by atoms with Gasteiger partial charge in [-0.25, -0.2) is 4.98 Å². The molecule has 0 aliphatic rings. The fraction of sp³-hybridized carbons (Fsp3) is 0.714. The number of ether oxygens (including phenoxy) is 1. The van der Waals surface area contributed by atoms with Crippen molar-refractivity contribution in [2.75, 3.05) is 32.2 Å². The van der Waals surface area contributed by atoms with Gasteiger partial charge < -0.3 is 15.0 Å². The summed E-state index contributed by atoms with van der Waals surface area (Å²) >= 11 is 0. The Balaban J connectivity index is 2.56. The summed E-state index contributed by atoms with van der Waals surface area (Å²) in [5.41, 5.74) is 1.05. The van der Waals surface area contributed by atoms with E-state index in [9.17, 15) is 0 Å². The van der Waals surface area contributed by atoms with Crippen LogP contribution in [0, 0.1) is 0 Å². The number of rotatable bonds is 7. The second kappa shape index (κ2) is 7.40. The number of hydrogen-bond donors (Lipinski definition) is 1. The molecule has 0 bridgehead atoms. The molecule has 1 N–H and O–H groups in total. The molecule has 108 valence electrons. The van der Waals surface area contributed by atoms with E-state index in [4.69, 9.17) is 4.74 Å². The Labute approximate surface area is 116 Å². The Kier molecular flexibility index (Phi) is 6.18. The molecule has 5 heteroatoms. The summed E-state index contributed by atoms with van der Waals surface area (Å²) in [6.45, 7) is 8.83. The van der Waals surface area contributed by atoms with Gasteiger partial charge in [-0.2, -0.15) is 0 Å². The molecule has 0 spiro atoms. The Morgan fingerprint density at radius 2 is 2.05 bits per heavy atom. The van der Waals surface area contributed by atoms with Gasteiger partial charge in [0, 0.05) is 45.6 Å². The highest BCUT2D eigenvalue weighted by molar-refractivity contribution is 5.34. The Morgan fingerprint density at radius 1 is 1.32 bits per heavy atom. The third-order valence-corrected chi connectivity index (χ3v) is 2.70. The molecule has 1 rings (SSSR count). The van der Waals surface area contributed by atoms with Gasteiger partial charge in [0.1, 0.15) is 5.82 Å². The molecule has 0 saturated carbocycles. The molecule has 1 aromatic rings. The van der Waals surface area contributed by atoms with Gasteiger partial charge in [0.05, 0.1) is 11.9 Å². The van der Waals surface area contributed by atoms with Crippen LogP contribution >= 0.6 is 0 Å². The van der Waals surface area contributed by atoms with E-state index < -0.39 is 0 Å². The van der Waals surface area contributed by atoms with Crippen LogP contribution in [-0.4, -0.2) is 42.8 Å². The van der Waals surface area contributed by atoms with Crippen LogP contribution in [0.4, 0.5) is 5.82 Å². The molecule has 0 unspecified atom stereocenters. The summed E-state index contributed by atoms with van der Waals surface area (Å²) in [5.74, 6) is 0.907. The molecular formula is C14H26N4O. The van der Waals surface area contributed by atoms with Crippen LogP contribution in [0.15, 0.2) is 12.4 Å². The standard InChI is InChI=1S/C14H26N4O/c1-14(2,3)16-10-12-9-15-11-13(17-12)18(4)7-6-8-19-5/h9,11,16H,6-8,10H2,1-5H3. The highest BCUT2D eigenvalue weighted by Crippen LogP contribution is 2.09. The van der Waals surface area contributed by atoms with Gasteiger partial charge in [0.25, 0.3) is 0 Å². The van der Waals surface area contributed by atoms with Crippen molar-refractivity contribution in [3.05, 3.63) is 18.1 Å². The number of hydrogen-bond acceptors (Lipinski definition) is 5. The quantitative estimate of drug-likeness (QED) is 0.763. The molecule has 0 fully saturated rings. The van der Waals surface area contributed by atoms with E-state index in [1.54, 1.807) is 13.3 Å². The number of aromatic nitrogens is 2. The Morgan fingerprint density at radius 3 is 2.68 bits per heavy atom. The maximum Gasteiger partial charge on any atom is 0.147 e. The van der Waals surface area contributed by atoms with Crippen LogP contribution < -0.4 is 10.2 Å². The lowest BCUT2D eigenvalue weighted by Crippen LogP contribution is -2.35. The first-order chi connectivity index (χ1) is 8.92. The van der Waals surface area contributed by atoms with E-state index in [1.807, 2.05) is 13.2 Å². The van der Waals surface area contributed by atoms with Crippen LogP contribution in [0.2, 0.25) is 0 Å². The van der Waals surface area contributed by atoms with Gasteiger partial charge in [0.2, 0.25) is 0 Å². The van der Waals surface area contributed by atoms with Crippen molar-refractivity contribution < 1.29 is 4.74 Å². The topological polar surface area (TPSA) is 50.3 Å². The van der Waals surface area contributed by atoms with Gasteiger partial charge in [-0.1, -0.05) is 0 Å². The Hall–Kier alpha value is -1.20. The molecule has 1 aromatic heterocycles. The third kappa shape index (κ3) is 6.50. The maximum absolute atomic E-state index is 5.06. The predicted molar refractivity (Wildman–Crippen MR) is 78.4 cm³/mol. The molecule has 0 atom stereocenters. The van der Waals surface area contributed by atoms with Crippen molar-refractivity contribution in [2.24, 2.45) is 0 Å². The molecule has 0 amide bonds. The van der Waals surface area contributed by atoms with Crippen LogP contribution in [-0.2, 0) is 11.3 Å². The number of nitrogens with one attached hydrogen (secondary N) is 1. The summed E-state index contributed by atoms with van der Waals surface area (Å²) in [6, 6.07) is 0. The molecule has 0 radical (unpaired) electrons. The summed E-state index contributed by atoms with van der Waals surface area (Å²) in [4.78, 5) is 11.0. The summed E-state index contributed by atoms with van der Waals surface area (Å²) < 4.78 is 5.06. The fourth-order valence-corrected chi connectivity index (χ4v) is 1.58. The zero-order chi connectivity index (χ0) is 14.3. The van der Waals surface area contributed by atoms with Crippen LogP contribution in [0.25, 0.3) is 0 Å². The smallest absolute Gasteiger partial charge is 0.147 e. The van der Waals surface area contributed by atoms with Crippen molar-refractivity contribution in [2.45, 2.75) is 39.3 Å². The van der Waals surface area contributed by atoms with Crippen LogP contribution in [0.5, 0.6) is 0 Å². The predicted octanol–water partition coefficient (Wildman–Crippen LogP) is 1.84. The fourth-order valence-electron chi connectivity index (χ4n) is 1.58. The first-order valence-electron chi connectivity index (χ1n) is 6.68. The minimum atomic E-state index is 0.0854. The molecule has 1 heterocycles. The minimum absolute atomic E-state index is 0.0854. The van der Waals surface area contributed by atoms with Gasteiger partial charge >= 0.3 is 0 Å². The van der Waals surface area contributed by atoms with Crippen molar-refractivity contribution in [3.63, 3.8) is 0 Å². The zero-order valence-corrected chi connectivity index (χ0v) is 12.7. The van der Waals surface area contributed by atoms with Crippen LogP contribution in [0.1, 0.15) is 32.9 Å². The maximum atomic E-state index is 5.06. The van der Waals surface area contributed by atoms with E-state index in [-0.39, 0.29) is 5.54 Å². The van der Waals surface area contributed by atoms with Gasteiger partial charge in [-0.15, -0.1) is 0 Å². The number of methoxy groups -OCH3 is 1. The first-order valence-corrected chi connectivity index (χ1v) is 6.68. The van der Waals surface area contributed by atoms with Gasteiger partial charge in [-0.3, -0.25) is 4.98 Å². The van der Waals surface area contributed by atoms with E-state index >= 15 is 0 Å². The highest BCUT2D eigenvalue weighted by Gasteiger charge is 2.10. The SMILES string of the molecule is COCCCN(C)c1cncc(CNC(C)(C)C)n1. The van der Waals surface area contributed by atoms with Crippen LogP contribution in [0.3, 0.4) is 0 Å². The van der Waals surface area contributed by atoms with E-state index in [1.165, 1.54) is 0 Å². The summed E-state index contributed by atoms with van der Waals surface area (Å²) in [5, 5.41) is 3.42. The van der Waals surface area contributed by atoms with E-state index in [0.717, 1.165) is 37.6 Å². The lowest BCUT2D eigenvalue weighted by atomic mass is 10.1. The molecule has 0 saturated heterocycles. The normalized spacial score (nSPS) is 11.6. The second-order valence-corrected chi connectivity index (χ2v) is 5.74.